The highest BCUT2D eigenvalue weighted by atomic mass is 16.3. The quantitative estimate of drug-likeness (QED) is 0.671. The highest BCUT2D eigenvalue weighted by Crippen LogP contribution is 2.28. The average molecular weight is 263 g/mol. The Bertz CT molecular complexity index is 721. The molecule has 0 unspecified atom stereocenters. The summed E-state index contributed by atoms with van der Waals surface area (Å²) in [5.74, 6) is -1.36. The highest BCUT2D eigenvalue weighted by Gasteiger charge is 2.17. The number of phenols is 2. The lowest BCUT2D eigenvalue weighted by Crippen LogP contribution is -2.29. The number of fused-ring (bicyclic) bond motifs is 1. The molecular formula is C12H13N3O4. The standard InChI is InChI=1S/C12H13N3O4/c1-3-15-7-5-9(17)8(16)4-6(7)11(18)10(14-15)12(19)13-2/h4-5,16-17H,3H2,1-2H3,(H,13,19). The molecule has 1 heterocycles. The minimum absolute atomic E-state index is 0.130. The molecule has 1 aromatic heterocycles. The van der Waals surface area contributed by atoms with E-state index in [9.17, 15) is 19.8 Å². The zero-order valence-corrected chi connectivity index (χ0v) is 10.5. The van der Waals surface area contributed by atoms with Crippen LogP contribution in [0.1, 0.15) is 17.4 Å². The van der Waals surface area contributed by atoms with E-state index in [4.69, 9.17) is 0 Å². The molecule has 7 heteroatoms. The van der Waals surface area contributed by atoms with Crippen LogP contribution < -0.4 is 10.7 Å². The molecule has 0 aliphatic rings. The molecule has 0 aliphatic heterocycles. The van der Waals surface area contributed by atoms with Gasteiger partial charge in [0, 0.05) is 19.7 Å². The fraction of sp³-hybridized carbons (Fsp3) is 0.250. The van der Waals surface area contributed by atoms with Gasteiger partial charge in [0.15, 0.2) is 17.2 Å². The molecule has 100 valence electrons. The number of hydrogen-bond donors (Lipinski definition) is 3. The van der Waals surface area contributed by atoms with Crippen molar-refractivity contribution in [3.05, 3.63) is 28.0 Å². The van der Waals surface area contributed by atoms with E-state index < -0.39 is 17.1 Å². The minimum Gasteiger partial charge on any atom is -0.504 e. The van der Waals surface area contributed by atoms with Gasteiger partial charge in [-0.3, -0.25) is 14.3 Å². The molecule has 0 spiro atoms. The lowest BCUT2D eigenvalue weighted by Gasteiger charge is -2.10. The Hall–Kier alpha value is -2.57. The van der Waals surface area contributed by atoms with E-state index in [2.05, 4.69) is 10.4 Å². The number of nitrogens with zero attached hydrogens (tertiary/aromatic N) is 2. The second kappa shape index (κ2) is 4.60. The third-order valence-corrected chi connectivity index (χ3v) is 2.79. The lowest BCUT2D eigenvalue weighted by molar-refractivity contribution is 0.0955. The number of carbonyl (C=O) groups is 1. The van der Waals surface area contributed by atoms with E-state index in [1.165, 1.54) is 17.8 Å². The van der Waals surface area contributed by atoms with Gasteiger partial charge >= 0.3 is 0 Å². The van der Waals surface area contributed by atoms with Crippen molar-refractivity contribution >= 4 is 16.8 Å². The van der Waals surface area contributed by atoms with Crippen LogP contribution in [0.15, 0.2) is 16.9 Å². The number of aryl methyl sites for hydroxylation is 1. The average Bonchev–Trinajstić information content (AvgIpc) is 2.41. The Morgan fingerprint density at radius 1 is 1.37 bits per heavy atom. The van der Waals surface area contributed by atoms with Crippen LogP contribution in [0, 0.1) is 0 Å². The van der Waals surface area contributed by atoms with Gasteiger partial charge in [-0.05, 0) is 13.0 Å². The van der Waals surface area contributed by atoms with Crippen molar-refractivity contribution in [1.29, 1.82) is 0 Å². The van der Waals surface area contributed by atoms with Crippen molar-refractivity contribution in [3.63, 3.8) is 0 Å². The van der Waals surface area contributed by atoms with E-state index in [1.807, 2.05) is 0 Å². The first-order chi connectivity index (χ1) is 8.99. The van der Waals surface area contributed by atoms with Crippen LogP contribution in [0.25, 0.3) is 10.9 Å². The van der Waals surface area contributed by atoms with E-state index in [-0.39, 0.29) is 16.8 Å². The van der Waals surface area contributed by atoms with Crippen molar-refractivity contribution in [3.8, 4) is 11.5 Å². The SMILES string of the molecule is CCn1nc(C(=O)NC)c(=O)c2cc(O)c(O)cc21. The largest absolute Gasteiger partial charge is 0.504 e. The van der Waals surface area contributed by atoms with Crippen molar-refractivity contribution in [2.45, 2.75) is 13.5 Å². The highest BCUT2D eigenvalue weighted by molar-refractivity contribution is 5.95. The molecule has 0 atom stereocenters. The summed E-state index contributed by atoms with van der Waals surface area (Å²) in [5.41, 5.74) is -0.480. The Morgan fingerprint density at radius 2 is 2.00 bits per heavy atom. The number of aromatic nitrogens is 2. The smallest absolute Gasteiger partial charge is 0.275 e. The molecule has 0 saturated carbocycles. The second-order valence-electron chi connectivity index (χ2n) is 3.93. The summed E-state index contributed by atoms with van der Waals surface area (Å²) in [6.45, 7) is 2.19. The molecule has 0 fully saturated rings. The molecule has 2 aromatic rings. The summed E-state index contributed by atoms with van der Waals surface area (Å²) in [4.78, 5) is 23.7. The number of amides is 1. The van der Waals surface area contributed by atoms with Crippen molar-refractivity contribution in [2.75, 3.05) is 7.05 Å². The zero-order chi connectivity index (χ0) is 14.2. The number of aromatic hydroxyl groups is 2. The van der Waals surface area contributed by atoms with Gasteiger partial charge < -0.3 is 15.5 Å². The van der Waals surface area contributed by atoms with Crippen LogP contribution in [0.5, 0.6) is 11.5 Å². The summed E-state index contributed by atoms with van der Waals surface area (Å²) in [6.07, 6.45) is 0. The summed E-state index contributed by atoms with van der Waals surface area (Å²) >= 11 is 0. The number of rotatable bonds is 2. The first-order valence-electron chi connectivity index (χ1n) is 5.68. The number of benzene rings is 1. The molecule has 1 amide bonds. The third kappa shape index (κ3) is 1.99. The van der Waals surface area contributed by atoms with Gasteiger partial charge in [0.05, 0.1) is 10.9 Å². The predicted molar refractivity (Wildman–Crippen MR) is 68.4 cm³/mol. The molecule has 0 saturated heterocycles. The molecule has 0 bridgehead atoms. The first kappa shape index (κ1) is 12.9. The molecule has 3 N–H and O–H groups in total. The maximum absolute atomic E-state index is 12.1. The van der Waals surface area contributed by atoms with Crippen LogP contribution in [0.3, 0.4) is 0 Å². The summed E-state index contributed by atoms with van der Waals surface area (Å²) in [5, 5.41) is 25.4. The van der Waals surface area contributed by atoms with Crippen LogP contribution in [-0.4, -0.2) is 32.9 Å². The molecule has 0 aliphatic carbocycles. The Balaban J connectivity index is 2.92. The number of hydrogen-bond acceptors (Lipinski definition) is 5. The Morgan fingerprint density at radius 3 is 2.58 bits per heavy atom. The maximum atomic E-state index is 12.1. The van der Waals surface area contributed by atoms with E-state index in [0.717, 1.165) is 6.07 Å². The lowest BCUT2D eigenvalue weighted by atomic mass is 10.1. The molecule has 1 aromatic carbocycles. The minimum atomic E-state index is -0.596. The van der Waals surface area contributed by atoms with Crippen molar-refractivity contribution in [1.82, 2.24) is 15.1 Å². The van der Waals surface area contributed by atoms with Gasteiger partial charge in [-0.2, -0.15) is 5.10 Å². The number of phenolic OH excluding ortho intramolecular Hbond substituents is 2. The first-order valence-corrected chi connectivity index (χ1v) is 5.68. The summed E-state index contributed by atoms with van der Waals surface area (Å²) < 4.78 is 1.42. The maximum Gasteiger partial charge on any atom is 0.275 e. The van der Waals surface area contributed by atoms with Crippen LogP contribution >= 0.6 is 0 Å². The normalized spacial score (nSPS) is 10.6. The van der Waals surface area contributed by atoms with Gasteiger partial charge in [-0.15, -0.1) is 0 Å². The van der Waals surface area contributed by atoms with Gasteiger partial charge in [-0.1, -0.05) is 0 Å². The molecule has 7 nitrogen and oxygen atoms in total. The van der Waals surface area contributed by atoms with E-state index in [0.29, 0.717) is 12.1 Å². The van der Waals surface area contributed by atoms with Crippen molar-refractivity contribution < 1.29 is 15.0 Å². The van der Waals surface area contributed by atoms with Gasteiger partial charge in [0.2, 0.25) is 5.43 Å². The Kier molecular flexibility index (Phi) is 3.12. The molecule has 0 radical (unpaired) electrons. The fourth-order valence-electron chi connectivity index (χ4n) is 1.82. The third-order valence-electron chi connectivity index (χ3n) is 2.79. The van der Waals surface area contributed by atoms with Gasteiger partial charge in [0.25, 0.3) is 5.91 Å². The zero-order valence-electron chi connectivity index (χ0n) is 10.5. The fourth-order valence-corrected chi connectivity index (χ4v) is 1.82. The van der Waals surface area contributed by atoms with Crippen molar-refractivity contribution in [2.24, 2.45) is 0 Å². The van der Waals surface area contributed by atoms with Gasteiger partial charge in [-0.25, -0.2) is 0 Å². The topological polar surface area (TPSA) is 104 Å². The van der Waals surface area contributed by atoms with Crippen LogP contribution in [0.2, 0.25) is 0 Å². The van der Waals surface area contributed by atoms with E-state index >= 15 is 0 Å². The second-order valence-corrected chi connectivity index (χ2v) is 3.93. The Labute approximate surface area is 108 Å². The summed E-state index contributed by atoms with van der Waals surface area (Å²) in [7, 11) is 1.40. The van der Waals surface area contributed by atoms with E-state index in [1.54, 1.807) is 6.92 Å². The molecule has 2 rings (SSSR count). The predicted octanol–water partition coefficient (Wildman–Crippen LogP) is 0.187. The van der Waals surface area contributed by atoms with Gasteiger partial charge in [0.1, 0.15) is 0 Å². The summed E-state index contributed by atoms with van der Waals surface area (Å²) in [6, 6.07) is 2.38. The van der Waals surface area contributed by atoms with Crippen LogP contribution in [-0.2, 0) is 6.54 Å². The van der Waals surface area contributed by atoms with Crippen LogP contribution in [0.4, 0.5) is 0 Å². The molecular weight excluding hydrogens is 250 g/mol. The number of nitrogens with one attached hydrogen (secondary N) is 1. The number of carbonyl (C=O) groups excluding carboxylic acids is 1. The molecule has 19 heavy (non-hydrogen) atoms. The monoisotopic (exact) mass is 263 g/mol.